The Kier molecular flexibility index (Phi) is 4.09. The molecule has 76 valence electrons. The molecule has 1 unspecified atom stereocenters. The molecule has 0 amide bonds. The normalized spacial score (nSPS) is 14.1. The minimum absolute atomic E-state index is 0.249. The Balaban J connectivity index is 4.68. The van der Waals surface area contributed by atoms with E-state index < -0.39 is 22.0 Å². The minimum atomic E-state index is -3.52. The van der Waals surface area contributed by atoms with Crippen molar-refractivity contribution in [1.82, 2.24) is 4.31 Å². The monoisotopic (exact) mass is 207 g/mol. The summed E-state index contributed by atoms with van der Waals surface area (Å²) in [6.07, 6.45) is 1.22. The predicted octanol–water partition coefficient (Wildman–Crippen LogP) is -0.0929. The molecule has 0 heterocycles. The quantitative estimate of drug-likeness (QED) is 0.639. The van der Waals surface area contributed by atoms with Crippen LogP contribution in [0.5, 0.6) is 0 Å². The van der Waals surface area contributed by atoms with Gasteiger partial charge in [0.05, 0.1) is 5.75 Å². The first kappa shape index (κ1) is 12.1. The van der Waals surface area contributed by atoms with Crippen molar-refractivity contribution in [1.29, 1.82) is 0 Å². The number of nitrogens with zero attached hydrogens (tertiary/aromatic N) is 1. The van der Waals surface area contributed by atoms with Gasteiger partial charge >= 0.3 is 5.97 Å². The Labute approximate surface area is 77.7 Å². The standard InChI is InChI=1S/C7H13NO4S/c1-4-5-13(11,12)8(3)6(2)7(9)10/h4,6H,1,5H2,2-3H3,(H,9,10). The Hall–Kier alpha value is -0.880. The molecule has 0 aliphatic carbocycles. The number of carbonyl (C=O) groups is 1. The van der Waals surface area contributed by atoms with Gasteiger partial charge in [-0.3, -0.25) is 4.79 Å². The summed E-state index contributed by atoms with van der Waals surface area (Å²) in [5, 5.41) is 8.55. The minimum Gasteiger partial charge on any atom is -0.480 e. The largest absolute Gasteiger partial charge is 0.480 e. The van der Waals surface area contributed by atoms with Crippen LogP contribution in [0.25, 0.3) is 0 Å². The molecule has 0 fully saturated rings. The van der Waals surface area contributed by atoms with Gasteiger partial charge in [0.15, 0.2) is 0 Å². The summed E-state index contributed by atoms with van der Waals surface area (Å²) in [6, 6.07) is -1.05. The van der Waals surface area contributed by atoms with Gasteiger partial charge in [0.25, 0.3) is 0 Å². The number of rotatable bonds is 5. The molecule has 0 spiro atoms. The smallest absolute Gasteiger partial charge is 0.321 e. The molecule has 0 aromatic rings. The third kappa shape index (κ3) is 3.16. The number of carboxylic acids is 1. The maximum absolute atomic E-state index is 11.3. The van der Waals surface area contributed by atoms with Gasteiger partial charge in [-0.05, 0) is 6.92 Å². The van der Waals surface area contributed by atoms with E-state index in [1.165, 1.54) is 20.0 Å². The summed E-state index contributed by atoms with van der Waals surface area (Å²) >= 11 is 0. The number of hydrogen-bond donors (Lipinski definition) is 1. The Bertz CT molecular complexity index is 296. The summed E-state index contributed by atoms with van der Waals surface area (Å²) in [7, 11) is -2.29. The van der Waals surface area contributed by atoms with Gasteiger partial charge in [0.2, 0.25) is 10.0 Å². The zero-order valence-electron chi connectivity index (χ0n) is 7.60. The van der Waals surface area contributed by atoms with E-state index in [0.717, 1.165) is 4.31 Å². The summed E-state index contributed by atoms with van der Waals surface area (Å²) < 4.78 is 23.4. The van der Waals surface area contributed by atoms with E-state index in [1.807, 2.05) is 0 Å². The van der Waals surface area contributed by atoms with E-state index in [9.17, 15) is 13.2 Å². The van der Waals surface area contributed by atoms with Crippen LogP contribution in [0.1, 0.15) is 6.92 Å². The van der Waals surface area contributed by atoms with Gasteiger partial charge in [-0.25, -0.2) is 8.42 Å². The second kappa shape index (κ2) is 4.38. The van der Waals surface area contributed by atoms with E-state index in [-0.39, 0.29) is 5.75 Å². The van der Waals surface area contributed by atoms with E-state index in [4.69, 9.17) is 5.11 Å². The van der Waals surface area contributed by atoms with Crippen LogP contribution in [-0.2, 0) is 14.8 Å². The van der Waals surface area contributed by atoms with Gasteiger partial charge in [0, 0.05) is 7.05 Å². The lowest BCUT2D eigenvalue weighted by molar-refractivity contribution is -0.140. The molecule has 0 saturated heterocycles. The zero-order valence-corrected chi connectivity index (χ0v) is 8.41. The molecular formula is C7H13NO4S. The number of hydrogen-bond acceptors (Lipinski definition) is 3. The third-order valence-corrected chi connectivity index (χ3v) is 3.52. The fourth-order valence-electron chi connectivity index (χ4n) is 0.663. The third-order valence-electron chi connectivity index (χ3n) is 1.67. The molecular weight excluding hydrogens is 194 g/mol. The number of carboxylic acid groups (broad SMARTS) is 1. The average Bonchev–Trinajstić information content (AvgIpc) is 2.01. The summed E-state index contributed by atoms with van der Waals surface area (Å²) in [6.45, 7) is 4.59. The molecule has 0 aliphatic rings. The fourth-order valence-corrected chi connectivity index (χ4v) is 1.77. The zero-order chi connectivity index (χ0) is 10.6. The molecule has 1 N–H and O–H groups in total. The number of likely N-dealkylation sites (N-methyl/N-ethyl adjacent to an activating group) is 1. The van der Waals surface area contributed by atoms with Crippen LogP contribution in [0.4, 0.5) is 0 Å². The fraction of sp³-hybridized carbons (Fsp3) is 0.571. The Morgan fingerprint density at radius 2 is 2.15 bits per heavy atom. The molecule has 1 atom stereocenters. The lowest BCUT2D eigenvalue weighted by Crippen LogP contribution is -2.41. The summed E-state index contributed by atoms with van der Waals surface area (Å²) in [4.78, 5) is 10.5. The summed E-state index contributed by atoms with van der Waals surface area (Å²) in [5.74, 6) is -1.42. The van der Waals surface area contributed by atoms with Crippen LogP contribution in [0.3, 0.4) is 0 Å². The molecule has 0 radical (unpaired) electrons. The molecule has 0 bridgehead atoms. The first-order valence-corrected chi connectivity index (χ1v) is 5.23. The van der Waals surface area contributed by atoms with Crippen LogP contribution in [0, 0.1) is 0 Å². The van der Waals surface area contributed by atoms with E-state index in [2.05, 4.69) is 6.58 Å². The highest BCUT2D eigenvalue weighted by atomic mass is 32.2. The average molecular weight is 207 g/mol. The van der Waals surface area contributed by atoms with Crippen molar-refractivity contribution in [2.45, 2.75) is 13.0 Å². The van der Waals surface area contributed by atoms with Crippen LogP contribution in [0.15, 0.2) is 12.7 Å². The van der Waals surface area contributed by atoms with Crippen molar-refractivity contribution in [3.8, 4) is 0 Å². The number of aliphatic carboxylic acids is 1. The van der Waals surface area contributed by atoms with E-state index in [0.29, 0.717) is 0 Å². The highest BCUT2D eigenvalue weighted by Crippen LogP contribution is 2.04. The Morgan fingerprint density at radius 3 is 2.46 bits per heavy atom. The molecule has 13 heavy (non-hydrogen) atoms. The van der Waals surface area contributed by atoms with Gasteiger partial charge in [-0.15, -0.1) is 6.58 Å². The lowest BCUT2D eigenvalue weighted by atomic mass is 10.4. The highest BCUT2D eigenvalue weighted by Gasteiger charge is 2.26. The van der Waals surface area contributed by atoms with Crippen molar-refractivity contribution >= 4 is 16.0 Å². The molecule has 0 aromatic carbocycles. The first-order valence-electron chi connectivity index (χ1n) is 3.62. The van der Waals surface area contributed by atoms with E-state index in [1.54, 1.807) is 0 Å². The predicted molar refractivity (Wildman–Crippen MR) is 48.8 cm³/mol. The number of sulfonamides is 1. The lowest BCUT2D eigenvalue weighted by Gasteiger charge is -2.19. The van der Waals surface area contributed by atoms with Crippen LogP contribution < -0.4 is 0 Å². The summed E-state index contributed by atoms with van der Waals surface area (Å²) in [5.41, 5.74) is 0. The SMILES string of the molecule is C=CCS(=O)(=O)N(C)C(C)C(=O)O. The van der Waals surface area contributed by atoms with Gasteiger partial charge in [0.1, 0.15) is 6.04 Å². The van der Waals surface area contributed by atoms with Gasteiger partial charge < -0.3 is 5.11 Å². The van der Waals surface area contributed by atoms with Gasteiger partial charge in [-0.2, -0.15) is 4.31 Å². The maximum Gasteiger partial charge on any atom is 0.321 e. The molecule has 0 aromatic heterocycles. The second-order valence-corrected chi connectivity index (χ2v) is 4.67. The Morgan fingerprint density at radius 1 is 1.69 bits per heavy atom. The first-order chi connectivity index (χ1) is 5.83. The van der Waals surface area contributed by atoms with Crippen molar-refractivity contribution in [2.75, 3.05) is 12.8 Å². The molecule has 0 aliphatic heterocycles. The molecule has 6 heteroatoms. The maximum atomic E-state index is 11.3. The van der Waals surface area contributed by atoms with Crippen LogP contribution in [0.2, 0.25) is 0 Å². The second-order valence-electron chi connectivity index (χ2n) is 2.60. The van der Waals surface area contributed by atoms with E-state index >= 15 is 0 Å². The molecule has 5 nitrogen and oxygen atoms in total. The van der Waals surface area contributed by atoms with Crippen LogP contribution in [-0.4, -0.2) is 42.6 Å². The van der Waals surface area contributed by atoms with Crippen molar-refractivity contribution < 1.29 is 18.3 Å². The van der Waals surface area contributed by atoms with Gasteiger partial charge in [-0.1, -0.05) is 6.08 Å². The van der Waals surface area contributed by atoms with Crippen LogP contribution >= 0.6 is 0 Å². The van der Waals surface area contributed by atoms with Crippen molar-refractivity contribution in [3.05, 3.63) is 12.7 Å². The molecule has 0 saturated carbocycles. The van der Waals surface area contributed by atoms with Crippen molar-refractivity contribution in [3.63, 3.8) is 0 Å². The van der Waals surface area contributed by atoms with Crippen molar-refractivity contribution in [2.24, 2.45) is 0 Å². The molecule has 0 rings (SSSR count). The highest BCUT2D eigenvalue weighted by molar-refractivity contribution is 7.89. The topological polar surface area (TPSA) is 74.7 Å².